The van der Waals surface area contributed by atoms with E-state index in [9.17, 15) is 0 Å². The van der Waals surface area contributed by atoms with Gasteiger partial charge in [0, 0.05) is 22.8 Å². The summed E-state index contributed by atoms with van der Waals surface area (Å²) in [4.78, 5) is 5.69. The van der Waals surface area contributed by atoms with Crippen molar-refractivity contribution < 1.29 is 4.74 Å². The summed E-state index contributed by atoms with van der Waals surface area (Å²) in [6.07, 6.45) is 8.81. The molecule has 1 saturated heterocycles. The summed E-state index contributed by atoms with van der Waals surface area (Å²) >= 11 is 2.04. The highest BCUT2D eigenvalue weighted by Crippen LogP contribution is 2.30. The van der Waals surface area contributed by atoms with E-state index in [0.717, 1.165) is 26.3 Å². The Hall–Kier alpha value is -1.16. The van der Waals surface area contributed by atoms with Crippen molar-refractivity contribution in [3.8, 4) is 0 Å². The van der Waals surface area contributed by atoms with Gasteiger partial charge < -0.3 is 4.74 Å². The summed E-state index contributed by atoms with van der Waals surface area (Å²) in [5.41, 5.74) is 1.88. The van der Waals surface area contributed by atoms with Gasteiger partial charge in [0.05, 0.1) is 13.2 Å². The number of hydrogen-bond acceptors (Lipinski definition) is 3. The van der Waals surface area contributed by atoms with Crippen LogP contribution in [0.5, 0.6) is 0 Å². The van der Waals surface area contributed by atoms with Crippen LogP contribution in [0.15, 0.2) is 42.5 Å². The van der Waals surface area contributed by atoms with E-state index < -0.39 is 0 Å². The van der Waals surface area contributed by atoms with Crippen LogP contribution in [0.25, 0.3) is 0 Å². The number of nitrogens with zero attached hydrogens (tertiary/aromatic N) is 1. The first-order valence-electron chi connectivity index (χ1n) is 11.0. The predicted octanol–water partition coefficient (Wildman–Crippen LogP) is 5.99. The fraction of sp³-hybridized carbons (Fsp3) is 0.600. The molecule has 0 spiro atoms. The van der Waals surface area contributed by atoms with E-state index >= 15 is 0 Å². The first kappa shape index (κ1) is 21.5. The molecule has 1 aliphatic heterocycles. The van der Waals surface area contributed by atoms with Crippen LogP contribution in [-0.4, -0.2) is 37.7 Å². The molecular weight excluding hydrogens is 362 g/mol. The standard InChI is InChI=1S/C25H37NOS/c1-25(2,16-17-26-18-20-27-21-19-26)15-14-24-13-12-23(28-24)11-7-6-10-22-8-4-3-5-9-22/h3-5,8-9,12-13H,6-7,10-11,14-21H2,1-2H3. The van der Waals surface area contributed by atoms with Crippen molar-refractivity contribution in [2.75, 3.05) is 32.8 Å². The molecule has 3 rings (SSSR count). The van der Waals surface area contributed by atoms with Crippen molar-refractivity contribution in [2.45, 2.75) is 58.8 Å². The van der Waals surface area contributed by atoms with Crippen LogP contribution >= 0.6 is 11.3 Å². The first-order valence-corrected chi connectivity index (χ1v) is 11.8. The molecule has 0 amide bonds. The van der Waals surface area contributed by atoms with Gasteiger partial charge in [-0.15, -0.1) is 11.3 Å². The molecule has 28 heavy (non-hydrogen) atoms. The Bertz CT molecular complexity index is 673. The van der Waals surface area contributed by atoms with Gasteiger partial charge in [-0.1, -0.05) is 44.2 Å². The fourth-order valence-corrected chi connectivity index (χ4v) is 4.90. The molecule has 1 fully saturated rings. The minimum absolute atomic E-state index is 0.415. The Kier molecular flexibility index (Phi) is 8.57. The van der Waals surface area contributed by atoms with Gasteiger partial charge in [-0.3, -0.25) is 4.90 Å². The Labute approximate surface area is 175 Å². The largest absolute Gasteiger partial charge is 0.379 e. The second-order valence-electron chi connectivity index (χ2n) is 8.93. The van der Waals surface area contributed by atoms with Gasteiger partial charge in [0.1, 0.15) is 0 Å². The molecule has 2 heterocycles. The van der Waals surface area contributed by atoms with Crippen molar-refractivity contribution in [2.24, 2.45) is 5.41 Å². The molecule has 2 aromatic rings. The van der Waals surface area contributed by atoms with E-state index in [1.54, 1.807) is 9.75 Å². The number of aryl methyl sites for hydroxylation is 3. The number of unbranched alkanes of at least 4 members (excludes halogenated alkanes) is 1. The highest BCUT2D eigenvalue weighted by atomic mass is 32.1. The summed E-state index contributed by atoms with van der Waals surface area (Å²) < 4.78 is 5.46. The molecule has 1 aromatic heterocycles. The third-order valence-corrected chi connectivity index (χ3v) is 7.16. The van der Waals surface area contributed by atoms with E-state index in [0.29, 0.717) is 5.41 Å². The van der Waals surface area contributed by atoms with Crippen LogP contribution in [0.1, 0.15) is 54.8 Å². The molecule has 0 N–H and O–H groups in total. The van der Waals surface area contributed by atoms with E-state index in [1.807, 2.05) is 11.3 Å². The zero-order valence-corrected chi connectivity index (χ0v) is 18.6. The molecule has 0 radical (unpaired) electrons. The molecule has 154 valence electrons. The van der Waals surface area contributed by atoms with E-state index in [1.165, 1.54) is 57.1 Å². The molecule has 0 aliphatic carbocycles. The zero-order chi connectivity index (χ0) is 19.7. The minimum atomic E-state index is 0.415. The highest BCUT2D eigenvalue weighted by molar-refractivity contribution is 7.11. The predicted molar refractivity (Wildman–Crippen MR) is 121 cm³/mol. The normalized spacial score (nSPS) is 15.8. The van der Waals surface area contributed by atoms with Crippen LogP contribution in [0.2, 0.25) is 0 Å². The highest BCUT2D eigenvalue weighted by Gasteiger charge is 2.20. The summed E-state index contributed by atoms with van der Waals surface area (Å²) in [5, 5.41) is 0. The number of benzene rings is 1. The number of hydrogen-bond donors (Lipinski definition) is 0. The van der Waals surface area contributed by atoms with Gasteiger partial charge >= 0.3 is 0 Å². The fourth-order valence-electron chi connectivity index (χ4n) is 3.84. The number of rotatable bonds is 11. The van der Waals surface area contributed by atoms with E-state index in [4.69, 9.17) is 4.74 Å². The van der Waals surface area contributed by atoms with Gasteiger partial charge in [-0.05, 0) is 74.6 Å². The summed E-state index contributed by atoms with van der Waals surface area (Å²) in [5.74, 6) is 0. The minimum Gasteiger partial charge on any atom is -0.379 e. The lowest BCUT2D eigenvalue weighted by molar-refractivity contribution is 0.0323. The molecule has 0 unspecified atom stereocenters. The molecule has 2 nitrogen and oxygen atoms in total. The quantitative estimate of drug-likeness (QED) is 0.430. The molecule has 3 heteroatoms. The molecule has 0 saturated carbocycles. The van der Waals surface area contributed by atoms with Crippen LogP contribution < -0.4 is 0 Å². The maximum absolute atomic E-state index is 5.46. The first-order chi connectivity index (χ1) is 13.6. The second kappa shape index (κ2) is 11.1. The third-order valence-electron chi connectivity index (χ3n) is 5.96. The smallest absolute Gasteiger partial charge is 0.0594 e. The lowest BCUT2D eigenvalue weighted by Gasteiger charge is -2.31. The van der Waals surface area contributed by atoms with Crippen molar-refractivity contribution in [3.63, 3.8) is 0 Å². The van der Waals surface area contributed by atoms with Gasteiger partial charge in [0.2, 0.25) is 0 Å². The van der Waals surface area contributed by atoms with E-state index in [2.05, 4.69) is 61.2 Å². The maximum atomic E-state index is 5.46. The van der Waals surface area contributed by atoms with Crippen molar-refractivity contribution in [1.29, 1.82) is 0 Å². The molecule has 1 aliphatic rings. The van der Waals surface area contributed by atoms with Crippen LogP contribution in [0.4, 0.5) is 0 Å². The molecule has 0 bridgehead atoms. The van der Waals surface area contributed by atoms with Crippen LogP contribution in [0.3, 0.4) is 0 Å². The Morgan fingerprint density at radius 2 is 1.54 bits per heavy atom. The van der Waals surface area contributed by atoms with Gasteiger partial charge in [0.15, 0.2) is 0 Å². The molecule has 1 aromatic carbocycles. The number of thiophene rings is 1. The van der Waals surface area contributed by atoms with Gasteiger partial charge in [-0.25, -0.2) is 0 Å². The Morgan fingerprint density at radius 3 is 2.29 bits per heavy atom. The summed E-state index contributed by atoms with van der Waals surface area (Å²) in [6, 6.07) is 15.6. The average Bonchev–Trinajstić information content (AvgIpc) is 3.18. The van der Waals surface area contributed by atoms with Gasteiger partial charge in [-0.2, -0.15) is 0 Å². The van der Waals surface area contributed by atoms with Crippen molar-refractivity contribution >= 4 is 11.3 Å². The molecule has 0 atom stereocenters. The molecular formula is C25H37NOS. The second-order valence-corrected chi connectivity index (χ2v) is 10.2. The van der Waals surface area contributed by atoms with E-state index in [-0.39, 0.29) is 0 Å². The average molecular weight is 400 g/mol. The Balaban J connectivity index is 1.33. The zero-order valence-electron chi connectivity index (χ0n) is 17.8. The maximum Gasteiger partial charge on any atom is 0.0594 e. The number of ether oxygens (including phenoxy) is 1. The van der Waals surface area contributed by atoms with Crippen molar-refractivity contribution in [1.82, 2.24) is 4.90 Å². The topological polar surface area (TPSA) is 12.5 Å². The number of morpholine rings is 1. The Morgan fingerprint density at radius 1 is 0.857 bits per heavy atom. The van der Waals surface area contributed by atoms with Crippen LogP contribution in [0, 0.1) is 5.41 Å². The SMILES string of the molecule is CC(C)(CCc1ccc(CCCCc2ccccc2)s1)CCN1CCOCC1. The summed E-state index contributed by atoms with van der Waals surface area (Å²) in [6.45, 7) is 10.1. The van der Waals surface area contributed by atoms with Crippen molar-refractivity contribution in [3.05, 3.63) is 57.8 Å². The monoisotopic (exact) mass is 399 g/mol. The van der Waals surface area contributed by atoms with Gasteiger partial charge in [0.25, 0.3) is 0 Å². The van der Waals surface area contributed by atoms with Crippen LogP contribution in [-0.2, 0) is 24.0 Å². The lowest BCUT2D eigenvalue weighted by Crippen LogP contribution is -2.38. The third kappa shape index (κ3) is 7.69. The lowest BCUT2D eigenvalue weighted by atomic mass is 9.84. The summed E-state index contributed by atoms with van der Waals surface area (Å²) in [7, 11) is 0.